The van der Waals surface area contributed by atoms with E-state index in [9.17, 15) is 13.6 Å². The lowest BCUT2D eigenvalue weighted by molar-refractivity contribution is 0.101. The van der Waals surface area contributed by atoms with Gasteiger partial charge in [-0.15, -0.1) is 5.10 Å². The van der Waals surface area contributed by atoms with E-state index >= 15 is 0 Å². The largest absolute Gasteiger partial charge is 0.321 e. The van der Waals surface area contributed by atoms with E-state index in [-0.39, 0.29) is 9.90 Å². The van der Waals surface area contributed by atoms with Crippen molar-refractivity contribution in [2.75, 3.05) is 5.32 Å². The molecule has 0 aliphatic rings. The van der Waals surface area contributed by atoms with E-state index in [1.54, 1.807) is 0 Å². The van der Waals surface area contributed by atoms with Gasteiger partial charge in [0.1, 0.15) is 4.88 Å². The number of nitrogens with one attached hydrogen (secondary N) is 1. The number of anilines is 1. The summed E-state index contributed by atoms with van der Waals surface area (Å²) in [6.07, 6.45) is -2.85. The number of nitrogens with zero attached hydrogens (tertiary/aromatic N) is 2. The Hall–Kier alpha value is -1.31. The van der Waals surface area contributed by atoms with Crippen molar-refractivity contribution in [2.45, 2.75) is 6.43 Å². The van der Waals surface area contributed by atoms with Crippen LogP contribution in [-0.4, -0.2) is 15.5 Å². The molecule has 0 saturated carbocycles. The molecule has 0 bridgehead atoms. The summed E-state index contributed by atoms with van der Waals surface area (Å²) in [6.45, 7) is 0. The normalized spacial score (nSPS) is 10.8. The average molecular weight is 324 g/mol. The molecular weight excluding hydrogens is 319 g/mol. The molecule has 0 aliphatic carbocycles. The standard InChI is InChI=1S/C10H5Cl2F2N3OS/c11-5-2-1-4(3-6(5)12)15-10(18)8-7(9(13)14)16-17-19-8/h1-3,9H,(H,15,18). The van der Waals surface area contributed by atoms with Crippen molar-refractivity contribution >= 4 is 46.3 Å². The Labute approximate surface area is 120 Å². The molecule has 1 aromatic carbocycles. The van der Waals surface area contributed by atoms with Gasteiger partial charge in [0, 0.05) is 5.69 Å². The Bertz CT molecular complexity index is 621. The zero-order valence-electron chi connectivity index (χ0n) is 9.03. The Balaban J connectivity index is 2.21. The zero-order chi connectivity index (χ0) is 14.0. The minimum Gasteiger partial charge on any atom is -0.321 e. The molecule has 0 aliphatic heterocycles. The summed E-state index contributed by atoms with van der Waals surface area (Å²) >= 11 is 12.1. The molecule has 1 heterocycles. The third kappa shape index (κ3) is 3.17. The molecule has 0 saturated heterocycles. The molecule has 4 nitrogen and oxygen atoms in total. The number of hydrogen-bond donors (Lipinski definition) is 1. The average Bonchev–Trinajstić information content (AvgIpc) is 2.83. The molecule has 0 radical (unpaired) electrons. The van der Waals surface area contributed by atoms with Crippen LogP contribution in [0, 0.1) is 0 Å². The predicted octanol–water partition coefficient (Wildman–Crippen LogP) is 4.03. The SMILES string of the molecule is O=C(Nc1ccc(Cl)c(Cl)c1)c1snnc1C(F)F. The maximum absolute atomic E-state index is 12.6. The Kier molecular flexibility index (Phi) is 4.28. The quantitative estimate of drug-likeness (QED) is 0.927. The van der Waals surface area contributed by atoms with Crippen molar-refractivity contribution in [3.63, 3.8) is 0 Å². The van der Waals surface area contributed by atoms with Crippen molar-refractivity contribution in [3.05, 3.63) is 38.8 Å². The molecule has 1 amide bonds. The van der Waals surface area contributed by atoms with Crippen molar-refractivity contribution in [1.29, 1.82) is 0 Å². The summed E-state index contributed by atoms with van der Waals surface area (Å²) in [5.41, 5.74) is -0.296. The summed E-state index contributed by atoms with van der Waals surface area (Å²) in [4.78, 5) is 11.6. The van der Waals surface area contributed by atoms with E-state index in [4.69, 9.17) is 23.2 Å². The first-order valence-electron chi connectivity index (χ1n) is 4.86. The fourth-order valence-corrected chi connectivity index (χ4v) is 2.13. The second kappa shape index (κ2) is 5.77. The molecule has 1 N–H and O–H groups in total. The maximum atomic E-state index is 12.6. The van der Waals surface area contributed by atoms with Gasteiger partial charge in [-0.3, -0.25) is 4.79 Å². The molecule has 100 valence electrons. The van der Waals surface area contributed by atoms with Crippen LogP contribution in [0.15, 0.2) is 18.2 Å². The number of amides is 1. The maximum Gasteiger partial charge on any atom is 0.283 e. The smallest absolute Gasteiger partial charge is 0.283 e. The number of alkyl halides is 2. The fourth-order valence-electron chi connectivity index (χ4n) is 1.26. The van der Waals surface area contributed by atoms with Gasteiger partial charge in [0.15, 0.2) is 5.69 Å². The van der Waals surface area contributed by atoms with Crippen molar-refractivity contribution in [1.82, 2.24) is 9.59 Å². The molecule has 0 atom stereocenters. The van der Waals surface area contributed by atoms with E-state index in [2.05, 4.69) is 14.9 Å². The monoisotopic (exact) mass is 323 g/mol. The van der Waals surface area contributed by atoms with Crippen molar-refractivity contribution < 1.29 is 13.6 Å². The molecule has 0 unspecified atom stereocenters. The Morgan fingerprint density at radius 1 is 1.32 bits per heavy atom. The third-order valence-electron chi connectivity index (χ3n) is 2.10. The highest BCUT2D eigenvalue weighted by Gasteiger charge is 2.23. The van der Waals surface area contributed by atoms with Crippen molar-refractivity contribution in [3.8, 4) is 0 Å². The minimum absolute atomic E-state index is 0.235. The van der Waals surface area contributed by atoms with Gasteiger partial charge in [-0.25, -0.2) is 8.78 Å². The third-order valence-corrected chi connectivity index (χ3v) is 3.58. The minimum atomic E-state index is -2.85. The number of hydrogen-bond acceptors (Lipinski definition) is 4. The van der Waals surface area contributed by atoms with E-state index < -0.39 is 18.0 Å². The van der Waals surface area contributed by atoms with Crippen LogP contribution in [0.25, 0.3) is 0 Å². The molecule has 9 heteroatoms. The highest BCUT2D eigenvalue weighted by molar-refractivity contribution is 7.08. The Morgan fingerprint density at radius 2 is 2.05 bits per heavy atom. The van der Waals surface area contributed by atoms with Crippen LogP contribution in [0.2, 0.25) is 10.0 Å². The van der Waals surface area contributed by atoms with Crippen LogP contribution < -0.4 is 5.32 Å². The second-order valence-electron chi connectivity index (χ2n) is 3.37. The number of carbonyl (C=O) groups excluding carboxylic acids is 1. The number of rotatable bonds is 3. The first-order chi connectivity index (χ1) is 8.99. The number of benzene rings is 1. The van der Waals surface area contributed by atoms with Crippen LogP contribution >= 0.6 is 34.7 Å². The summed E-state index contributed by atoms with van der Waals surface area (Å²) in [5.74, 6) is -0.719. The fraction of sp³-hybridized carbons (Fsp3) is 0.100. The molecule has 2 rings (SSSR count). The summed E-state index contributed by atoms with van der Waals surface area (Å²) in [5, 5.41) is 6.22. The first kappa shape index (κ1) is 14.1. The van der Waals surface area contributed by atoms with E-state index in [1.165, 1.54) is 18.2 Å². The van der Waals surface area contributed by atoms with E-state index in [1.807, 2.05) is 0 Å². The highest BCUT2D eigenvalue weighted by Crippen LogP contribution is 2.27. The lowest BCUT2D eigenvalue weighted by atomic mass is 10.3. The highest BCUT2D eigenvalue weighted by atomic mass is 35.5. The van der Waals surface area contributed by atoms with E-state index in [0.29, 0.717) is 22.2 Å². The van der Waals surface area contributed by atoms with Crippen LogP contribution in [-0.2, 0) is 0 Å². The van der Waals surface area contributed by atoms with Crippen LogP contribution in [0.5, 0.6) is 0 Å². The lowest BCUT2D eigenvalue weighted by Crippen LogP contribution is -2.12. The molecule has 0 spiro atoms. The van der Waals surface area contributed by atoms with Crippen molar-refractivity contribution in [2.24, 2.45) is 0 Å². The molecule has 19 heavy (non-hydrogen) atoms. The van der Waals surface area contributed by atoms with Gasteiger partial charge in [0.25, 0.3) is 12.3 Å². The molecule has 1 aromatic heterocycles. The van der Waals surface area contributed by atoms with E-state index in [0.717, 1.165) is 0 Å². The van der Waals surface area contributed by atoms with Gasteiger partial charge >= 0.3 is 0 Å². The zero-order valence-corrected chi connectivity index (χ0v) is 11.4. The van der Waals surface area contributed by atoms with Gasteiger partial charge in [-0.2, -0.15) is 0 Å². The lowest BCUT2D eigenvalue weighted by Gasteiger charge is -2.05. The summed E-state index contributed by atoms with van der Waals surface area (Å²) < 4.78 is 28.5. The topological polar surface area (TPSA) is 54.9 Å². The second-order valence-corrected chi connectivity index (χ2v) is 4.94. The van der Waals surface area contributed by atoms with Gasteiger partial charge in [0.2, 0.25) is 0 Å². The number of aromatic nitrogens is 2. The van der Waals surface area contributed by atoms with Crippen LogP contribution in [0.3, 0.4) is 0 Å². The molecule has 2 aromatic rings. The molecule has 0 fully saturated rings. The summed E-state index contributed by atoms with van der Waals surface area (Å²) in [7, 11) is 0. The molecular formula is C10H5Cl2F2N3OS. The van der Waals surface area contributed by atoms with Gasteiger partial charge < -0.3 is 5.32 Å². The van der Waals surface area contributed by atoms with Gasteiger partial charge in [-0.05, 0) is 29.7 Å². The van der Waals surface area contributed by atoms with Gasteiger partial charge in [-0.1, -0.05) is 27.7 Å². The number of halogens is 4. The van der Waals surface area contributed by atoms with Gasteiger partial charge in [0.05, 0.1) is 10.0 Å². The Morgan fingerprint density at radius 3 is 2.68 bits per heavy atom. The summed E-state index contributed by atoms with van der Waals surface area (Å²) in [6, 6.07) is 4.40. The first-order valence-corrected chi connectivity index (χ1v) is 6.38. The number of carbonyl (C=O) groups is 1. The predicted molar refractivity (Wildman–Crippen MR) is 69.3 cm³/mol. The van der Waals surface area contributed by atoms with Crippen LogP contribution in [0.4, 0.5) is 14.5 Å². The van der Waals surface area contributed by atoms with Crippen LogP contribution in [0.1, 0.15) is 21.8 Å².